The number of fused-ring (bicyclic) bond motifs is 6. The fourth-order valence-electron chi connectivity index (χ4n) is 6.79. The van der Waals surface area contributed by atoms with Crippen LogP contribution in [-0.4, -0.2) is 44.8 Å². The van der Waals surface area contributed by atoms with Gasteiger partial charge in [-0.15, -0.1) is 0 Å². The Bertz CT molecular complexity index is 1440. The van der Waals surface area contributed by atoms with Crippen LogP contribution in [0.3, 0.4) is 0 Å². The molecule has 186 valence electrons. The number of nitrogens with zero attached hydrogens (tertiary/aromatic N) is 3. The van der Waals surface area contributed by atoms with E-state index < -0.39 is 5.60 Å². The van der Waals surface area contributed by atoms with Crippen LogP contribution in [0, 0.1) is 0 Å². The Kier molecular flexibility index (Phi) is 5.25. The standard InChI is InChI=1S/C31H29N3O3/c35-30(37-19-26-24-12-3-1-10-22(24)23-11-2-4-13-25(23)26)34-20-8-7-9-21(34)17-31(36,16-20)29-18-32-27-14-5-6-15-28(27)33-29/h1-6,10-15,18,20-21,26,36H,7-9,16-17,19H2. The third-order valence-electron chi connectivity index (χ3n) is 8.48. The average Bonchev–Trinajstić information content (AvgIpc) is 3.24. The summed E-state index contributed by atoms with van der Waals surface area (Å²) in [5.41, 5.74) is 5.93. The first-order valence-electron chi connectivity index (χ1n) is 13.2. The molecule has 2 atom stereocenters. The largest absolute Gasteiger partial charge is 0.448 e. The minimum absolute atomic E-state index is 0.0331. The fourth-order valence-corrected chi connectivity index (χ4v) is 6.79. The summed E-state index contributed by atoms with van der Waals surface area (Å²) in [5.74, 6) is 0.0331. The Hall–Kier alpha value is -3.77. The van der Waals surface area contributed by atoms with Gasteiger partial charge in [0, 0.05) is 30.8 Å². The molecule has 3 aliphatic rings. The summed E-state index contributed by atoms with van der Waals surface area (Å²) >= 11 is 0. The van der Waals surface area contributed by atoms with Gasteiger partial charge in [-0.1, -0.05) is 60.7 Å². The molecule has 2 aliphatic heterocycles. The molecule has 4 aromatic rings. The Morgan fingerprint density at radius 1 is 0.892 bits per heavy atom. The molecule has 1 aromatic heterocycles. The van der Waals surface area contributed by atoms with E-state index in [1.54, 1.807) is 6.20 Å². The maximum absolute atomic E-state index is 13.5. The molecule has 1 aliphatic carbocycles. The number of amides is 1. The first kappa shape index (κ1) is 22.4. The highest BCUT2D eigenvalue weighted by Gasteiger charge is 2.49. The maximum Gasteiger partial charge on any atom is 0.410 e. The summed E-state index contributed by atoms with van der Waals surface area (Å²) in [4.78, 5) is 24.7. The van der Waals surface area contributed by atoms with Gasteiger partial charge in [0.25, 0.3) is 0 Å². The number of hydrogen-bond donors (Lipinski definition) is 1. The zero-order valence-corrected chi connectivity index (χ0v) is 20.6. The lowest BCUT2D eigenvalue weighted by atomic mass is 9.74. The highest BCUT2D eigenvalue weighted by molar-refractivity contribution is 5.79. The monoisotopic (exact) mass is 491 g/mol. The molecular formula is C31H29N3O3. The van der Waals surface area contributed by atoms with Crippen molar-refractivity contribution >= 4 is 17.1 Å². The summed E-state index contributed by atoms with van der Waals surface area (Å²) in [6.45, 7) is 0.309. The molecule has 0 saturated carbocycles. The van der Waals surface area contributed by atoms with Gasteiger partial charge in [0.2, 0.25) is 0 Å². The minimum Gasteiger partial charge on any atom is -0.448 e. The maximum atomic E-state index is 13.5. The molecule has 37 heavy (non-hydrogen) atoms. The number of carbonyl (C=O) groups excluding carboxylic acids is 1. The van der Waals surface area contributed by atoms with Crippen LogP contribution in [0.5, 0.6) is 0 Å². The number of benzene rings is 3. The predicted octanol–water partition coefficient (Wildman–Crippen LogP) is 5.78. The third-order valence-corrected chi connectivity index (χ3v) is 8.48. The van der Waals surface area contributed by atoms with Crippen LogP contribution >= 0.6 is 0 Å². The van der Waals surface area contributed by atoms with Crippen molar-refractivity contribution in [3.8, 4) is 11.1 Å². The summed E-state index contributed by atoms with van der Waals surface area (Å²) in [6, 6.07) is 24.3. The highest BCUT2D eigenvalue weighted by Crippen LogP contribution is 2.46. The second-order valence-electron chi connectivity index (χ2n) is 10.6. The predicted molar refractivity (Wildman–Crippen MR) is 141 cm³/mol. The van der Waals surface area contributed by atoms with E-state index in [2.05, 4.69) is 41.4 Å². The molecule has 3 aromatic carbocycles. The lowest BCUT2D eigenvalue weighted by Gasteiger charge is -2.51. The van der Waals surface area contributed by atoms with Crippen molar-refractivity contribution in [1.29, 1.82) is 0 Å². The van der Waals surface area contributed by atoms with E-state index in [-0.39, 0.29) is 24.1 Å². The topological polar surface area (TPSA) is 75.5 Å². The molecule has 3 heterocycles. The van der Waals surface area contributed by atoms with Crippen molar-refractivity contribution in [2.24, 2.45) is 0 Å². The molecule has 0 radical (unpaired) electrons. The number of ether oxygens (including phenoxy) is 1. The molecule has 2 fully saturated rings. The fraction of sp³-hybridized carbons (Fsp3) is 0.323. The van der Waals surface area contributed by atoms with Gasteiger partial charge in [-0.2, -0.15) is 0 Å². The number of aromatic nitrogens is 2. The highest BCUT2D eigenvalue weighted by atomic mass is 16.6. The minimum atomic E-state index is -1.10. The summed E-state index contributed by atoms with van der Waals surface area (Å²) < 4.78 is 6.02. The normalized spacial score (nSPS) is 24.5. The van der Waals surface area contributed by atoms with E-state index in [0.29, 0.717) is 25.1 Å². The molecule has 1 amide bonds. The first-order valence-corrected chi connectivity index (χ1v) is 13.2. The molecule has 7 rings (SSSR count). The molecule has 6 nitrogen and oxygen atoms in total. The Morgan fingerprint density at radius 2 is 1.49 bits per heavy atom. The molecule has 2 saturated heterocycles. The number of aliphatic hydroxyl groups is 1. The van der Waals surface area contributed by atoms with Gasteiger partial charge in [0.05, 0.1) is 22.9 Å². The van der Waals surface area contributed by atoms with Crippen molar-refractivity contribution in [3.05, 3.63) is 95.8 Å². The first-order chi connectivity index (χ1) is 18.1. The summed E-state index contributed by atoms with van der Waals surface area (Å²) in [6.07, 6.45) is 5.06. The zero-order chi connectivity index (χ0) is 25.0. The number of hydrogen-bond acceptors (Lipinski definition) is 5. The van der Waals surface area contributed by atoms with Crippen LogP contribution in [-0.2, 0) is 10.3 Å². The third kappa shape index (κ3) is 3.70. The second kappa shape index (κ2) is 8.67. The molecule has 0 spiro atoms. The van der Waals surface area contributed by atoms with E-state index in [4.69, 9.17) is 9.72 Å². The van der Waals surface area contributed by atoms with Crippen molar-refractivity contribution in [3.63, 3.8) is 0 Å². The van der Waals surface area contributed by atoms with Gasteiger partial charge < -0.3 is 14.7 Å². The van der Waals surface area contributed by atoms with Gasteiger partial charge in [0.15, 0.2) is 0 Å². The van der Waals surface area contributed by atoms with Crippen molar-refractivity contribution in [1.82, 2.24) is 14.9 Å². The summed E-state index contributed by atoms with van der Waals surface area (Å²) in [7, 11) is 0. The van der Waals surface area contributed by atoms with Gasteiger partial charge in [-0.3, -0.25) is 4.98 Å². The Balaban J connectivity index is 1.11. The van der Waals surface area contributed by atoms with E-state index in [1.165, 1.54) is 22.3 Å². The molecular weight excluding hydrogens is 462 g/mol. The van der Waals surface area contributed by atoms with Crippen LogP contribution in [0.25, 0.3) is 22.2 Å². The van der Waals surface area contributed by atoms with Crippen LogP contribution in [0.1, 0.15) is 54.8 Å². The van der Waals surface area contributed by atoms with Gasteiger partial charge in [0.1, 0.15) is 12.2 Å². The van der Waals surface area contributed by atoms with Crippen LogP contribution < -0.4 is 0 Å². The van der Waals surface area contributed by atoms with Crippen molar-refractivity contribution in [2.75, 3.05) is 6.61 Å². The quantitative estimate of drug-likeness (QED) is 0.393. The zero-order valence-electron chi connectivity index (χ0n) is 20.6. The SMILES string of the molecule is O=C(OCC1c2ccccc2-c2ccccc21)N1C2CCCC1CC(O)(c1cnc3ccccc3n1)C2. The average molecular weight is 492 g/mol. The van der Waals surface area contributed by atoms with E-state index in [9.17, 15) is 9.90 Å². The smallest absolute Gasteiger partial charge is 0.410 e. The molecule has 2 bridgehead atoms. The second-order valence-corrected chi connectivity index (χ2v) is 10.6. The number of piperidine rings is 2. The molecule has 1 N–H and O–H groups in total. The van der Waals surface area contributed by atoms with Crippen molar-refractivity contribution in [2.45, 2.75) is 55.7 Å². The van der Waals surface area contributed by atoms with E-state index in [0.717, 1.165) is 30.3 Å². The van der Waals surface area contributed by atoms with Gasteiger partial charge in [-0.05, 0) is 53.6 Å². The lowest BCUT2D eigenvalue weighted by molar-refractivity contribution is -0.0913. The Labute approximate surface area is 215 Å². The van der Waals surface area contributed by atoms with Crippen LogP contribution in [0.4, 0.5) is 4.79 Å². The lowest BCUT2D eigenvalue weighted by Crippen LogP contribution is -2.59. The van der Waals surface area contributed by atoms with Crippen molar-refractivity contribution < 1.29 is 14.6 Å². The molecule has 6 heteroatoms. The van der Waals surface area contributed by atoms with Crippen LogP contribution in [0.2, 0.25) is 0 Å². The summed E-state index contributed by atoms with van der Waals surface area (Å²) in [5, 5.41) is 11.7. The van der Waals surface area contributed by atoms with E-state index in [1.807, 2.05) is 41.3 Å². The molecule has 2 unspecified atom stereocenters. The van der Waals surface area contributed by atoms with Crippen LogP contribution in [0.15, 0.2) is 79.0 Å². The van der Waals surface area contributed by atoms with E-state index >= 15 is 0 Å². The van der Waals surface area contributed by atoms with Gasteiger partial charge in [-0.25, -0.2) is 9.78 Å². The number of rotatable bonds is 3. The Morgan fingerprint density at radius 3 is 2.16 bits per heavy atom. The number of para-hydroxylation sites is 2. The van der Waals surface area contributed by atoms with Gasteiger partial charge >= 0.3 is 6.09 Å². The number of carbonyl (C=O) groups is 1.